The smallest absolute Gasteiger partial charge is 0.0605 e. The van der Waals surface area contributed by atoms with Gasteiger partial charge in [0.25, 0.3) is 0 Å². The molecular weight excluding hydrogens is 270 g/mol. The fourth-order valence-corrected chi connectivity index (χ4v) is 3.76. The van der Waals surface area contributed by atoms with Crippen LogP contribution in [0.4, 0.5) is 0 Å². The van der Waals surface area contributed by atoms with E-state index in [4.69, 9.17) is 0 Å². The Bertz CT molecular complexity index is 653. The van der Waals surface area contributed by atoms with Crippen LogP contribution in [0, 0.1) is 0 Å². The van der Waals surface area contributed by atoms with Gasteiger partial charge < -0.3 is 10.6 Å². The second-order valence-electron chi connectivity index (χ2n) is 6.45. The molecular formula is C19H23N3. The lowest BCUT2D eigenvalue weighted by atomic mass is 9.91. The van der Waals surface area contributed by atoms with Gasteiger partial charge >= 0.3 is 0 Å². The summed E-state index contributed by atoms with van der Waals surface area (Å²) in [5, 5.41) is 7.41. The standard InChI is InChI=1S/C19H23N3/c1-2-6-16-12-21-17(11-15(16)5-1)13-22-18-9-3-7-14-8-4-10-20-19(14)18/h1-2,4-6,8,10,17-18,21-22H,3,7,9,11-13H2/t17-,18+/m1/s1. The topological polar surface area (TPSA) is 37.0 Å². The third-order valence-electron chi connectivity index (χ3n) is 4.97. The van der Waals surface area contributed by atoms with Crippen LogP contribution in [0.3, 0.4) is 0 Å². The summed E-state index contributed by atoms with van der Waals surface area (Å²) in [6.07, 6.45) is 6.68. The second kappa shape index (κ2) is 6.19. The van der Waals surface area contributed by atoms with E-state index in [9.17, 15) is 0 Å². The number of aromatic nitrogens is 1. The monoisotopic (exact) mass is 293 g/mol. The normalized spacial score (nSPS) is 23.6. The van der Waals surface area contributed by atoms with Crippen molar-refractivity contribution < 1.29 is 0 Å². The Morgan fingerprint density at radius 1 is 1.09 bits per heavy atom. The van der Waals surface area contributed by atoms with E-state index in [0.29, 0.717) is 12.1 Å². The molecule has 0 unspecified atom stereocenters. The number of nitrogens with one attached hydrogen (secondary N) is 2. The van der Waals surface area contributed by atoms with Crippen molar-refractivity contribution in [3.05, 3.63) is 65.0 Å². The molecule has 2 aromatic rings. The van der Waals surface area contributed by atoms with Crippen LogP contribution in [0.25, 0.3) is 0 Å². The lowest BCUT2D eigenvalue weighted by molar-refractivity contribution is 0.387. The van der Waals surface area contributed by atoms with E-state index in [1.54, 1.807) is 0 Å². The van der Waals surface area contributed by atoms with E-state index in [0.717, 1.165) is 19.5 Å². The second-order valence-corrected chi connectivity index (χ2v) is 6.45. The van der Waals surface area contributed by atoms with Gasteiger partial charge in [0.15, 0.2) is 0 Å². The summed E-state index contributed by atoms with van der Waals surface area (Å²) in [6.45, 7) is 2.00. The molecule has 3 heteroatoms. The number of aryl methyl sites for hydroxylation is 1. The molecule has 1 aliphatic carbocycles. The molecule has 1 aromatic heterocycles. The minimum atomic E-state index is 0.420. The Labute approximate surface area is 132 Å². The summed E-state index contributed by atoms with van der Waals surface area (Å²) in [5.74, 6) is 0. The third-order valence-corrected chi connectivity index (χ3v) is 4.97. The highest BCUT2D eigenvalue weighted by atomic mass is 15.0. The van der Waals surface area contributed by atoms with E-state index in [1.807, 2.05) is 6.20 Å². The molecule has 0 amide bonds. The summed E-state index contributed by atoms with van der Waals surface area (Å²) in [7, 11) is 0. The summed E-state index contributed by atoms with van der Waals surface area (Å²) >= 11 is 0. The molecule has 1 aliphatic heterocycles. The van der Waals surface area contributed by atoms with Crippen LogP contribution in [0.2, 0.25) is 0 Å². The van der Waals surface area contributed by atoms with Crippen LogP contribution in [0.15, 0.2) is 42.6 Å². The zero-order chi connectivity index (χ0) is 14.8. The molecule has 22 heavy (non-hydrogen) atoms. The molecule has 4 rings (SSSR count). The van der Waals surface area contributed by atoms with E-state index in [1.165, 1.54) is 41.6 Å². The average Bonchev–Trinajstić information content (AvgIpc) is 2.60. The van der Waals surface area contributed by atoms with Gasteiger partial charge in [0, 0.05) is 31.4 Å². The van der Waals surface area contributed by atoms with Gasteiger partial charge in [-0.25, -0.2) is 0 Å². The first-order valence-corrected chi connectivity index (χ1v) is 8.37. The maximum absolute atomic E-state index is 4.62. The number of hydrogen-bond acceptors (Lipinski definition) is 3. The van der Waals surface area contributed by atoms with Crippen molar-refractivity contribution >= 4 is 0 Å². The van der Waals surface area contributed by atoms with Crippen LogP contribution in [-0.4, -0.2) is 17.6 Å². The van der Waals surface area contributed by atoms with Crippen molar-refractivity contribution in [3.8, 4) is 0 Å². The lowest BCUT2D eigenvalue weighted by Gasteiger charge is -2.30. The molecule has 2 aliphatic rings. The highest BCUT2D eigenvalue weighted by molar-refractivity contribution is 5.30. The Balaban J connectivity index is 1.40. The lowest BCUT2D eigenvalue weighted by Crippen LogP contribution is -2.44. The first kappa shape index (κ1) is 13.9. The number of nitrogens with zero attached hydrogens (tertiary/aromatic N) is 1. The fraction of sp³-hybridized carbons (Fsp3) is 0.421. The molecule has 0 saturated carbocycles. The molecule has 2 N–H and O–H groups in total. The van der Waals surface area contributed by atoms with Crippen LogP contribution >= 0.6 is 0 Å². The first-order valence-electron chi connectivity index (χ1n) is 8.37. The van der Waals surface area contributed by atoms with E-state index in [2.05, 4.69) is 52.0 Å². The molecule has 1 aromatic carbocycles. The molecule has 0 fully saturated rings. The van der Waals surface area contributed by atoms with Crippen molar-refractivity contribution in [1.82, 2.24) is 15.6 Å². The molecule has 0 radical (unpaired) electrons. The number of hydrogen-bond donors (Lipinski definition) is 2. The van der Waals surface area contributed by atoms with Crippen molar-refractivity contribution in [2.24, 2.45) is 0 Å². The van der Waals surface area contributed by atoms with Crippen LogP contribution < -0.4 is 10.6 Å². The number of benzene rings is 1. The molecule has 2 heterocycles. The maximum Gasteiger partial charge on any atom is 0.0605 e. The first-order chi connectivity index (χ1) is 10.9. The largest absolute Gasteiger partial charge is 0.308 e. The molecule has 0 bridgehead atoms. The number of pyridine rings is 1. The number of fused-ring (bicyclic) bond motifs is 2. The van der Waals surface area contributed by atoms with Gasteiger partial charge in [-0.2, -0.15) is 0 Å². The van der Waals surface area contributed by atoms with Crippen molar-refractivity contribution in [2.75, 3.05) is 6.54 Å². The van der Waals surface area contributed by atoms with Crippen molar-refractivity contribution in [2.45, 2.75) is 44.3 Å². The predicted octanol–water partition coefficient (Wildman–Crippen LogP) is 2.76. The fourth-order valence-electron chi connectivity index (χ4n) is 3.76. The zero-order valence-corrected chi connectivity index (χ0v) is 12.9. The van der Waals surface area contributed by atoms with Crippen molar-refractivity contribution in [1.29, 1.82) is 0 Å². The maximum atomic E-state index is 4.62. The molecule has 0 saturated heterocycles. The Hall–Kier alpha value is -1.71. The quantitative estimate of drug-likeness (QED) is 0.913. The zero-order valence-electron chi connectivity index (χ0n) is 12.9. The van der Waals surface area contributed by atoms with Crippen LogP contribution in [0.5, 0.6) is 0 Å². The average molecular weight is 293 g/mol. The van der Waals surface area contributed by atoms with Gasteiger partial charge in [-0.05, 0) is 48.4 Å². The summed E-state index contributed by atoms with van der Waals surface area (Å²) in [4.78, 5) is 4.62. The summed E-state index contributed by atoms with van der Waals surface area (Å²) < 4.78 is 0. The highest BCUT2D eigenvalue weighted by Crippen LogP contribution is 2.27. The Kier molecular flexibility index (Phi) is 3.92. The highest BCUT2D eigenvalue weighted by Gasteiger charge is 2.23. The minimum Gasteiger partial charge on any atom is -0.308 e. The van der Waals surface area contributed by atoms with Crippen molar-refractivity contribution in [3.63, 3.8) is 0 Å². The number of rotatable bonds is 3. The molecule has 2 atom stereocenters. The Morgan fingerprint density at radius 3 is 2.91 bits per heavy atom. The summed E-state index contributed by atoms with van der Waals surface area (Å²) in [6, 6.07) is 14.0. The molecule has 0 spiro atoms. The SMILES string of the molecule is c1ccc2c(c1)CN[C@@H](CN[C@H]1CCCc3cccnc31)C2. The van der Waals surface area contributed by atoms with E-state index in [-0.39, 0.29) is 0 Å². The summed E-state index contributed by atoms with van der Waals surface area (Å²) in [5.41, 5.74) is 5.64. The molecule has 3 nitrogen and oxygen atoms in total. The third kappa shape index (κ3) is 2.79. The van der Waals surface area contributed by atoms with Gasteiger partial charge in [-0.15, -0.1) is 0 Å². The van der Waals surface area contributed by atoms with E-state index >= 15 is 0 Å². The van der Waals surface area contributed by atoms with Gasteiger partial charge in [0.2, 0.25) is 0 Å². The Morgan fingerprint density at radius 2 is 1.95 bits per heavy atom. The van der Waals surface area contributed by atoms with Gasteiger partial charge in [0.05, 0.1) is 5.69 Å². The van der Waals surface area contributed by atoms with Gasteiger partial charge in [-0.3, -0.25) is 4.98 Å². The van der Waals surface area contributed by atoms with Crippen LogP contribution in [0.1, 0.15) is 41.3 Å². The van der Waals surface area contributed by atoms with Gasteiger partial charge in [0.1, 0.15) is 0 Å². The molecule has 114 valence electrons. The minimum absolute atomic E-state index is 0.420. The van der Waals surface area contributed by atoms with Crippen LogP contribution in [-0.2, 0) is 19.4 Å². The van der Waals surface area contributed by atoms with E-state index < -0.39 is 0 Å². The van der Waals surface area contributed by atoms with Gasteiger partial charge in [-0.1, -0.05) is 30.3 Å². The predicted molar refractivity (Wildman–Crippen MR) is 88.7 cm³/mol.